The lowest BCUT2D eigenvalue weighted by Gasteiger charge is -2.42. The third kappa shape index (κ3) is 9.72. The molecule has 1 aliphatic rings. The summed E-state index contributed by atoms with van der Waals surface area (Å²) in [6.45, 7) is 5.09. The Hall–Kier alpha value is -2.73. The SMILES string of the molecule is CCCCCCCC1(N[C@H](C(=O)N[C@@H](CC(=O)O)C(=O)COc2c(F)c(F)cc(F)c2F)C(C)C)CCCCO1. The summed E-state index contributed by atoms with van der Waals surface area (Å²) in [6, 6.07) is -2.50. The number of ketones is 1. The van der Waals surface area contributed by atoms with Gasteiger partial charge < -0.3 is 19.9 Å². The summed E-state index contributed by atoms with van der Waals surface area (Å²) in [5.74, 6) is -12.0. The van der Waals surface area contributed by atoms with Crippen LogP contribution in [0.15, 0.2) is 6.07 Å². The van der Waals surface area contributed by atoms with Crippen LogP contribution in [0, 0.1) is 29.2 Å². The molecular formula is C28H40F4N2O6. The van der Waals surface area contributed by atoms with E-state index in [4.69, 9.17) is 9.47 Å². The number of halogens is 4. The second-order valence-electron chi connectivity index (χ2n) is 10.5. The number of carboxylic acid groups (broad SMARTS) is 1. The summed E-state index contributed by atoms with van der Waals surface area (Å²) in [4.78, 5) is 37.6. The first-order valence-corrected chi connectivity index (χ1v) is 13.8. The van der Waals surface area contributed by atoms with Crippen LogP contribution < -0.4 is 15.4 Å². The lowest BCUT2D eigenvalue weighted by atomic mass is 9.92. The molecule has 12 heteroatoms. The second kappa shape index (κ2) is 15.9. The number of carbonyl (C=O) groups is 3. The molecular weight excluding hydrogens is 536 g/mol. The van der Waals surface area contributed by atoms with Crippen molar-refractivity contribution in [2.45, 2.75) is 103 Å². The smallest absolute Gasteiger partial charge is 0.305 e. The standard InChI is InChI=1S/C28H40F4N2O6/c1-4-5-6-7-8-11-28(12-9-10-13-40-28)34-25(17(2)3)27(38)33-20(15-22(36)37)21(35)16-39-26-23(31)18(29)14-19(30)24(26)32/h14,17,20,25,34H,4-13,15-16H2,1-3H3,(H,33,38)(H,36,37)/t20-,25-,28?/m0/s1. The zero-order valence-electron chi connectivity index (χ0n) is 23.3. The highest BCUT2D eigenvalue weighted by molar-refractivity contribution is 5.94. The molecule has 1 fully saturated rings. The zero-order valence-corrected chi connectivity index (χ0v) is 23.3. The van der Waals surface area contributed by atoms with E-state index in [-0.39, 0.29) is 12.0 Å². The van der Waals surface area contributed by atoms with Crippen LogP contribution in [0.1, 0.15) is 85.0 Å². The van der Waals surface area contributed by atoms with Gasteiger partial charge in [-0.2, -0.15) is 8.78 Å². The van der Waals surface area contributed by atoms with Crippen LogP contribution in [0.3, 0.4) is 0 Å². The van der Waals surface area contributed by atoms with E-state index in [0.29, 0.717) is 19.4 Å². The normalized spacial score (nSPS) is 18.8. The molecule has 40 heavy (non-hydrogen) atoms. The van der Waals surface area contributed by atoms with Crippen LogP contribution >= 0.6 is 0 Å². The molecule has 0 aromatic heterocycles. The van der Waals surface area contributed by atoms with Crippen LogP contribution in [0.4, 0.5) is 17.6 Å². The number of unbranched alkanes of at least 4 members (excludes halogenated alkanes) is 4. The lowest BCUT2D eigenvalue weighted by Crippen LogP contribution is -2.61. The van der Waals surface area contributed by atoms with Crippen LogP contribution in [0.5, 0.6) is 5.75 Å². The Morgan fingerprint density at radius 3 is 2.25 bits per heavy atom. The lowest BCUT2D eigenvalue weighted by molar-refractivity contribution is -0.143. The van der Waals surface area contributed by atoms with Crippen molar-refractivity contribution in [3.63, 3.8) is 0 Å². The molecule has 3 atom stereocenters. The molecule has 1 aromatic rings. The molecule has 0 aliphatic carbocycles. The minimum atomic E-state index is -1.85. The fraction of sp³-hybridized carbons (Fsp3) is 0.679. The van der Waals surface area contributed by atoms with Gasteiger partial charge in [-0.1, -0.05) is 46.5 Å². The zero-order chi connectivity index (χ0) is 29.9. The molecule has 0 spiro atoms. The number of aliphatic carboxylic acids is 1. The molecule has 3 N–H and O–H groups in total. The third-order valence-electron chi connectivity index (χ3n) is 6.92. The van der Waals surface area contributed by atoms with Crippen molar-refractivity contribution in [2.75, 3.05) is 13.2 Å². The molecule has 1 aliphatic heterocycles. The molecule has 1 unspecified atom stereocenters. The number of nitrogens with one attached hydrogen (secondary N) is 2. The van der Waals surface area contributed by atoms with Gasteiger partial charge in [-0.05, 0) is 38.0 Å². The fourth-order valence-electron chi connectivity index (χ4n) is 4.67. The topological polar surface area (TPSA) is 114 Å². The summed E-state index contributed by atoms with van der Waals surface area (Å²) in [6.07, 6.45) is 7.56. The van der Waals surface area contributed by atoms with E-state index in [2.05, 4.69) is 17.6 Å². The molecule has 1 aromatic carbocycles. The predicted molar refractivity (Wildman–Crippen MR) is 139 cm³/mol. The number of hydrogen-bond acceptors (Lipinski definition) is 6. The van der Waals surface area contributed by atoms with Crippen molar-refractivity contribution >= 4 is 17.7 Å². The molecule has 0 bridgehead atoms. The number of hydrogen-bond donors (Lipinski definition) is 3. The molecule has 0 saturated carbocycles. The predicted octanol–water partition coefficient (Wildman–Crippen LogP) is 5.02. The first kappa shape index (κ1) is 33.5. The van der Waals surface area contributed by atoms with Crippen molar-refractivity contribution in [3.05, 3.63) is 29.3 Å². The van der Waals surface area contributed by atoms with Gasteiger partial charge in [0.05, 0.1) is 12.5 Å². The van der Waals surface area contributed by atoms with Gasteiger partial charge in [-0.3, -0.25) is 19.7 Å². The number of amides is 1. The monoisotopic (exact) mass is 576 g/mol. The number of carboxylic acids is 1. The number of Topliss-reactive ketones (excluding diaryl/α,β-unsaturated/α-hetero) is 1. The highest BCUT2D eigenvalue weighted by atomic mass is 19.2. The van der Waals surface area contributed by atoms with Gasteiger partial charge in [-0.15, -0.1) is 0 Å². The minimum absolute atomic E-state index is 0.0140. The quantitative estimate of drug-likeness (QED) is 0.136. The van der Waals surface area contributed by atoms with Crippen LogP contribution in [0.2, 0.25) is 0 Å². The minimum Gasteiger partial charge on any atom is -0.481 e. The largest absolute Gasteiger partial charge is 0.481 e. The number of benzene rings is 1. The fourth-order valence-corrected chi connectivity index (χ4v) is 4.67. The Morgan fingerprint density at radius 2 is 1.70 bits per heavy atom. The van der Waals surface area contributed by atoms with Crippen molar-refractivity contribution in [1.29, 1.82) is 0 Å². The Morgan fingerprint density at radius 1 is 1.05 bits per heavy atom. The first-order valence-electron chi connectivity index (χ1n) is 13.8. The first-order chi connectivity index (χ1) is 18.9. The highest BCUT2D eigenvalue weighted by Gasteiger charge is 2.39. The van der Waals surface area contributed by atoms with Crippen LogP contribution in [0.25, 0.3) is 0 Å². The maximum absolute atomic E-state index is 13.9. The highest BCUT2D eigenvalue weighted by Crippen LogP contribution is 2.30. The summed E-state index contributed by atoms with van der Waals surface area (Å²) >= 11 is 0. The van der Waals surface area contributed by atoms with E-state index >= 15 is 0 Å². The maximum Gasteiger partial charge on any atom is 0.305 e. The Balaban J connectivity index is 2.15. The number of rotatable bonds is 17. The molecule has 2 rings (SSSR count). The second-order valence-corrected chi connectivity index (χ2v) is 10.5. The van der Waals surface area contributed by atoms with E-state index in [1.54, 1.807) is 13.8 Å². The van der Waals surface area contributed by atoms with Crippen molar-refractivity contribution in [2.24, 2.45) is 5.92 Å². The van der Waals surface area contributed by atoms with E-state index in [0.717, 1.165) is 44.9 Å². The van der Waals surface area contributed by atoms with Gasteiger partial charge in [0.2, 0.25) is 17.5 Å². The summed E-state index contributed by atoms with van der Waals surface area (Å²) < 4.78 is 65.6. The van der Waals surface area contributed by atoms with Crippen molar-refractivity contribution in [3.8, 4) is 5.75 Å². The van der Waals surface area contributed by atoms with Gasteiger partial charge in [0, 0.05) is 12.7 Å². The maximum atomic E-state index is 13.9. The van der Waals surface area contributed by atoms with Gasteiger partial charge in [0.1, 0.15) is 18.4 Å². The van der Waals surface area contributed by atoms with Gasteiger partial charge in [-0.25, -0.2) is 8.78 Å². The van der Waals surface area contributed by atoms with Crippen molar-refractivity contribution < 1.29 is 46.5 Å². The van der Waals surface area contributed by atoms with E-state index < -0.39 is 77.5 Å². The Bertz CT molecular complexity index is 991. The molecule has 1 heterocycles. The molecule has 1 amide bonds. The Kier molecular flexibility index (Phi) is 13.3. The molecule has 8 nitrogen and oxygen atoms in total. The van der Waals surface area contributed by atoms with Crippen molar-refractivity contribution in [1.82, 2.24) is 10.6 Å². The molecule has 0 radical (unpaired) electrons. The van der Waals surface area contributed by atoms with Gasteiger partial charge >= 0.3 is 5.97 Å². The van der Waals surface area contributed by atoms with Crippen LogP contribution in [-0.2, 0) is 19.1 Å². The summed E-state index contributed by atoms with van der Waals surface area (Å²) in [7, 11) is 0. The van der Waals surface area contributed by atoms with E-state index in [9.17, 15) is 37.1 Å². The third-order valence-corrected chi connectivity index (χ3v) is 6.92. The average Bonchev–Trinajstić information content (AvgIpc) is 2.90. The number of ether oxygens (including phenoxy) is 2. The van der Waals surface area contributed by atoms with E-state index in [1.807, 2.05) is 0 Å². The molecule has 226 valence electrons. The molecule has 1 saturated heterocycles. The summed E-state index contributed by atoms with van der Waals surface area (Å²) in [5, 5.41) is 15.0. The Labute approximate surface area is 232 Å². The van der Waals surface area contributed by atoms with Gasteiger partial charge in [0.15, 0.2) is 23.2 Å². The van der Waals surface area contributed by atoms with Crippen LogP contribution in [-0.4, -0.2) is 53.8 Å². The van der Waals surface area contributed by atoms with E-state index in [1.165, 1.54) is 0 Å². The average molecular weight is 577 g/mol. The number of carbonyl (C=O) groups excluding carboxylic acids is 2. The van der Waals surface area contributed by atoms with Gasteiger partial charge in [0.25, 0.3) is 0 Å². The summed E-state index contributed by atoms with van der Waals surface area (Å²) in [5.41, 5.74) is -0.747.